The van der Waals surface area contributed by atoms with Crippen molar-refractivity contribution >= 4 is 17.5 Å². The lowest BCUT2D eigenvalue weighted by atomic mass is 10.0. The van der Waals surface area contributed by atoms with Crippen LogP contribution in [0.2, 0.25) is 0 Å². The second-order valence-electron chi connectivity index (χ2n) is 6.17. The zero-order valence-corrected chi connectivity index (χ0v) is 13.5. The molecule has 2 saturated heterocycles. The Hall–Kier alpha value is -2.15. The molecule has 7 heteroatoms. The van der Waals surface area contributed by atoms with E-state index in [1.807, 2.05) is 11.0 Å². The van der Waals surface area contributed by atoms with Gasteiger partial charge in [0.1, 0.15) is 12.4 Å². The fourth-order valence-electron chi connectivity index (χ4n) is 3.19. The van der Waals surface area contributed by atoms with Crippen molar-refractivity contribution in [2.45, 2.75) is 18.9 Å². The maximum atomic E-state index is 13.9. The van der Waals surface area contributed by atoms with Gasteiger partial charge in [0.2, 0.25) is 11.8 Å². The van der Waals surface area contributed by atoms with Gasteiger partial charge in [-0.15, -0.1) is 0 Å². The zero-order chi connectivity index (χ0) is 16.9. The smallest absolute Gasteiger partial charge is 0.249 e. The van der Waals surface area contributed by atoms with Crippen LogP contribution in [0.5, 0.6) is 0 Å². The predicted molar refractivity (Wildman–Crippen MR) is 87.2 cm³/mol. The number of para-hydroxylation sites is 1. The summed E-state index contributed by atoms with van der Waals surface area (Å²) in [6, 6.07) is 6.64. The van der Waals surface area contributed by atoms with E-state index in [0.29, 0.717) is 25.4 Å². The number of carbonyl (C=O) groups excluding carboxylic acids is 2. The van der Waals surface area contributed by atoms with E-state index in [1.54, 1.807) is 12.1 Å². The van der Waals surface area contributed by atoms with Gasteiger partial charge in [0, 0.05) is 25.7 Å². The van der Waals surface area contributed by atoms with Crippen molar-refractivity contribution in [3.05, 3.63) is 30.1 Å². The van der Waals surface area contributed by atoms with Crippen LogP contribution in [0.3, 0.4) is 0 Å². The molecule has 24 heavy (non-hydrogen) atoms. The van der Waals surface area contributed by atoms with Crippen LogP contribution in [0.4, 0.5) is 10.1 Å². The highest BCUT2D eigenvalue weighted by atomic mass is 19.1. The largest absolute Gasteiger partial charge is 0.370 e. The number of morpholine rings is 1. The van der Waals surface area contributed by atoms with Crippen LogP contribution in [0.25, 0.3) is 0 Å². The first-order chi connectivity index (χ1) is 11.6. The number of amides is 2. The van der Waals surface area contributed by atoms with Gasteiger partial charge in [-0.3, -0.25) is 9.59 Å². The van der Waals surface area contributed by atoms with Crippen molar-refractivity contribution in [3.63, 3.8) is 0 Å². The number of nitrogens with one attached hydrogen (secondary N) is 1. The Labute approximate surface area is 140 Å². The Morgan fingerprint density at radius 3 is 2.96 bits per heavy atom. The highest BCUT2D eigenvalue weighted by Crippen LogP contribution is 2.22. The molecule has 2 aliphatic heterocycles. The second kappa shape index (κ2) is 7.61. The van der Waals surface area contributed by atoms with Gasteiger partial charge in [0.15, 0.2) is 0 Å². The van der Waals surface area contributed by atoms with E-state index < -0.39 is 0 Å². The first-order valence-electron chi connectivity index (χ1n) is 8.28. The highest BCUT2D eigenvalue weighted by molar-refractivity contribution is 5.85. The van der Waals surface area contributed by atoms with Crippen molar-refractivity contribution in [2.24, 2.45) is 0 Å². The molecule has 1 aromatic carbocycles. The van der Waals surface area contributed by atoms with Crippen molar-refractivity contribution in [3.8, 4) is 0 Å². The average Bonchev–Trinajstić information content (AvgIpc) is 2.57. The minimum Gasteiger partial charge on any atom is -0.370 e. The lowest BCUT2D eigenvalue weighted by Crippen LogP contribution is -2.52. The zero-order valence-electron chi connectivity index (χ0n) is 13.5. The van der Waals surface area contributed by atoms with E-state index in [1.165, 1.54) is 11.0 Å². The lowest BCUT2D eigenvalue weighted by molar-refractivity contribution is -0.146. The number of rotatable bonds is 4. The van der Waals surface area contributed by atoms with Gasteiger partial charge in [0.05, 0.1) is 18.8 Å². The van der Waals surface area contributed by atoms with E-state index in [-0.39, 0.29) is 36.8 Å². The Balaban J connectivity index is 1.54. The van der Waals surface area contributed by atoms with E-state index >= 15 is 0 Å². The topological polar surface area (TPSA) is 61.9 Å². The van der Waals surface area contributed by atoms with Gasteiger partial charge < -0.3 is 19.9 Å². The number of benzene rings is 1. The summed E-state index contributed by atoms with van der Waals surface area (Å²) >= 11 is 0. The fourth-order valence-corrected chi connectivity index (χ4v) is 3.19. The first-order valence-corrected chi connectivity index (χ1v) is 8.28. The third kappa shape index (κ3) is 4.03. The van der Waals surface area contributed by atoms with Gasteiger partial charge >= 0.3 is 0 Å². The van der Waals surface area contributed by atoms with Crippen LogP contribution in [0, 0.1) is 5.82 Å². The van der Waals surface area contributed by atoms with Crippen molar-refractivity contribution in [2.75, 3.05) is 44.3 Å². The number of hydrogen-bond donors (Lipinski definition) is 1. The van der Waals surface area contributed by atoms with Gasteiger partial charge in [-0.05, 0) is 25.0 Å². The molecule has 0 unspecified atom stereocenters. The minimum absolute atomic E-state index is 0.0395. The Bertz CT molecular complexity index is 610. The number of carbonyl (C=O) groups is 2. The van der Waals surface area contributed by atoms with Crippen LogP contribution in [0.15, 0.2) is 24.3 Å². The monoisotopic (exact) mass is 335 g/mol. The van der Waals surface area contributed by atoms with E-state index in [9.17, 15) is 14.0 Å². The molecular weight excluding hydrogens is 313 g/mol. The van der Waals surface area contributed by atoms with Crippen molar-refractivity contribution in [1.29, 1.82) is 0 Å². The van der Waals surface area contributed by atoms with Gasteiger partial charge in [-0.2, -0.15) is 0 Å². The lowest BCUT2D eigenvalue weighted by Gasteiger charge is -2.35. The van der Waals surface area contributed by atoms with Crippen LogP contribution in [-0.2, 0) is 14.3 Å². The molecule has 130 valence electrons. The molecular formula is C17H22FN3O3. The third-order valence-electron chi connectivity index (χ3n) is 4.40. The number of nitrogens with zero attached hydrogens (tertiary/aromatic N) is 2. The molecule has 0 aromatic heterocycles. The molecule has 3 rings (SSSR count). The van der Waals surface area contributed by atoms with Gasteiger partial charge in [0.25, 0.3) is 0 Å². The predicted octanol–water partition coefficient (Wildman–Crippen LogP) is 0.770. The van der Waals surface area contributed by atoms with Crippen LogP contribution in [-0.4, -0.2) is 62.1 Å². The maximum Gasteiger partial charge on any atom is 0.249 e. The van der Waals surface area contributed by atoms with Crippen LogP contribution in [0.1, 0.15) is 12.8 Å². The molecule has 0 bridgehead atoms. The molecule has 1 atom stereocenters. The summed E-state index contributed by atoms with van der Waals surface area (Å²) in [4.78, 5) is 27.3. The number of piperidine rings is 1. The van der Waals surface area contributed by atoms with Crippen LogP contribution >= 0.6 is 0 Å². The molecule has 0 aliphatic carbocycles. The van der Waals surface area contributed by atoms with Crippen molar-refractivity contribution in [1.82, 2.24) is 10.2 Å². The summed E-state index contributed by atoms with van der Waals surface area (Å²) in [5.41, 5.74) is 0.569. The Morgan fingerprint density at radius 1 is 1.33 bits per heavy atom. The number of anilines is 1. The molecule has 0 saturated carbocycles. The third-order valence-corrected chi connectivity index (χ3v) is 4.40. The normalized spacial score (nSPS) is 21.7. The van der Waals surface area contributed by atoms with Crippen molar-refractivity contribution < 1.29 is 18.7 Å². The SMILES string of the molecule is O=C(CN1CCOCC1=O)N[C@H]1CCCN(c2ccccc2F)C1. The molecule has 6 nitrogen and oxygen atoms in total. The number of ether oxygens (including phenoxy) is 1. The second-order valence-corrected chi connectivity index (χ2v) is 6.17. The maximum absolute atomic E-state index is 13.9. The van der Waals surface area contributed by atoms with Crippen LogP contribution < -0.4 is 10.2 Å². The summed E-state index contributed by atoms with van der Waals surface area (Å²) in [5, 5.41) is 2.97. The molecule has 2 amide bonds. The first kappa shape index (κ1) is 16.7. The molecule has 2 aliphatic rings. The van der Waals surface area contributed by atoms with E-state index in [0.717, 1.165) is 19.4 Å². The Kier molecular flexibility index (Phi) is 5.30. The van der Waals surface area contributed by atoms with Gasteiger partial charge in [-0.1, -0.05) is 12.1 Å². The standard InChI is InChI=1S/C17H22FN3O3/c18-14-5-1-2-6-15(14)20-7-3-4-13(10-20)19-16(22)11-21-8-9-24-12-17(21)23/h1-2,5-6,13H,3-4,7-12H2,(H,19,22)/t13-/m0/s1. The molecule has 0 radical (unpaired) electrons. The fraction of sp³-hybridized carbons (Fsp3) is 0.529. The highest BCUT2D eigenvalue weighted by Gasteiger charge is 2.25. The summed E-state index contributed by atoms with van der Waals surface area (Å²) < 4.78 is 19.0. The molecule has 2 fully saturated rings. The summed E-state index contributed by atoms with van der Waals surface area (Å²) in [5.74, 6) is -0.581. The molecule has 1 aromatic rings. The molecule has 1 N–H and O–H groups in total. The minimum atomic E-state index is -0.247. The van der Waals surface area contributed by atoms with E-state index in [4.69, 9.17) is 4.74 Å². The molecule has 0 spiro atoms. The number of halogens is 1. The molecule has 2 heterocycles. The van der Waals surface area contributed by atoms with Gasteiger partial charge in [-0.25, -0.2) is 4.39 Å². The average molecular weight is 335 g/mol. The Morgan fingerprint density at radius 2 is 2.17 bits per heavy atom. The quantitative estimate of drug-likeness (QED) is 0.883. The summed E-state index contributed by atoms with van der Waals surface area (Å²) in [7, 11) is 0. The summed E-state index contributed by atoms with van der Waals surface area (Å²) in [6.45, 7) is 2.34. The van der Waals surface area contributed by atoms with E-state index in [2.05, 4.69) is 5.32 Å². The summed E-state index contributed by atoms with van der Waals surface area (Å²) in [6.07, 6.45) is 1.74. The number of hydrogen-bond acceptors (Lipinski definition) is 4.